The molecule has 0 radical (unpaired) electrons. The number of carbonyl (C=O) groups excluding carboxylic acids is 1. The van der Waals surface area contributed by atoms with E-state index in [4.69, 9.17) is 0 Å². The van der Waals surface area contributed by atoms with Crippen molar-refractivity contribution in [1.82, 2.24) is 9.78 Å². The molecule has 0 N–H and O–H groups in total. The second kappa shape index (κ2) is 3.93. The number of ketones is 1. The first kappa shape index (κ1) is 10.6. The summed E-state index contributed by atoms with van der Waals surface area (Å²) in [6.45, 7) is 3.60. The average Bonchev–Trinajstić information content (AvgIpc) is 2.62. The summed E-state index contributed by atoms with van der Waals surface area (Å²) >= 11 is 0. The van der Waals surface area contributed by atoms with Gasteiger partial charge in [-0.15, -0.1) is 0 Å². The SMILES string of the molecule is CC(=O)c1cnn(C)c1-c1ccc(C)cc1. The lowest BCUT2D eigenvalue weighted by atomic mass is 10.0. The van der Waals surface area contributed by atoms with E-state index in [2.05, 4.69) is 5.10 Å². The molecule has 1 aromatic heterocycles. The topological polar surface area (TPSA) is 34.9 Å². The summed E-state index contributed by atoms with van der Waals surface area (Å²) in [6, 6.07) is 8.09. The first-order valence-electron chi connectivity index (χ1n) is 5.19. The number of nitrogens with zero attached hydrogens (tertiary/aromatic N) is 2. The van der Waals surface area contributed by atoms with E-state index in [1.54, 1.807) is 17.8 Å². The van der Waals surface area contributed by atoms with Crippen LogP contribution in [0.15, 0.2) is 30.5 Å². The summed E-state index contributed by atoms with van der Waals surface area (Å²) in [7, 11) is 1.85. The lowest BCUT2D eigenvalue weighted by Gasteiger charge is -2.05. The maximum atomic E-state index is 11.5. The Morgan fingerprint density at radius 1 is 1.25 bits per heavy atom. The third-order valence-electron chi connectivity index (χ3n) is 2.64. The van der Waals surface area contributed by atoms with E-state index in [9.17, 15) is 4.79 Å². The number of Topliss-reactive ketones (excluding diaryl/α,β-unsaturated/α-hetero) is 1. The molecule has 0 amide bonds. The molecule has 0 aliphatic heterocycles. The van der Waals surface area contributed by atoms with Crippen molar-refractivity contribution >= 4 is 5.78 Å². The van der Waals surface area contributed by atoms with Gasteiger partial charge in [-0.2, -0.15) is 5.10 Å². The molecule has 0 spiro atoms. The van der Waals surface area contributed by atoms with E-state index in [0.717, 1.165) is 11.3 Å². The van der Waals surface area contributed by atoms with E-state index in [0.29, 0.717) is 5.56 Å². The molecule has 0 atom stereocenters. The van der Waals surface area contributed by atoms with Gasteiger partial charge in [-0.3, -0.25) is 9.48 Å². The van der Waals surface area contributed by atoms with Crippen LogP contribution >= 0.6 is 0 Å². The van der Waals surface area contributed by atoms with E-state index >= 15 is 0 Å². The average molecular weight is 214 g/mol. The van der Waals surface area contributed by atoms with Gasteiger partial charge in [0.1, 0.15) is 0 Å². The minimum absolute atomic E-state index is 0.0451. The summed E-state index contributed by atoms with van der Waals surface area (Å²) in [6.07, 6.45) is 1.62. The monoisotopic (exact) mass is 214 g/mol. The van der Waals surface area contributed by atoms with Gasteiger partial charge in [-0.05, 0) is 13.8 Å². The standard InChI is InChI=1S/C13H14N2O/c1-9-4-6-11(7-5-9)13-12(10(2)16)8-14-15(13)3/h4-8H,1-3H3. The molecule has 0 unspecified atom stereocenters. The third-order valence-corrected chi connectivity index (χ3v) is 2.64. The van der Waals surface area contributed by atoms with Crippen LogP contribution < -0.4 is 0 Å². The number of aryl methyl sites for hydroxylation is 2. The smallest absolute Gasteiger partial charge is 0.163 e. The van der Waals surface area contributed by atoms with Gasteiger partial charge in [-0.1, -0.05) is 29.8 Å². The molecular weight excluding hydrogens is 200 g/mol. The highest BCUT2D eigenvalue weighted by Gasteiger charge is 2.13. The first-order chi connectivity index (χ1) is 7.59. The quantitative estimate of drug-likeness (QED) is 0.720. The number of rotatable bonds is 2. The molecule has 3 nitrogen and oxygen atoms in total. The molecular formula is C13H14N2O. The van der Waals surface area contributed by atoms with Gasteiger partial charge in [0.2, 0.25) is 0 Å². The third kappa shape index (κ3) is 1.76. The molecule has 1 aromatic carbocycles. The van der Waals surface area contributed by atoms with Crippen LogP contribution in [-0.4, -0.2) is 15.6 Å². The van der Waals surface area contributed by atoms with Crippen LogP contribution in [0.4, 0.5) is 0 Å². The van der Waals surface area contributed by atoms with Crippen molar-refractivity contribution < 1.29 is 4.79 Å². The van der Waals surface area contributed by atoms with Crippen molar-refractivity contribution in [2.45, 2.75) is 13.8 Å². The summed E-state index contributed by atoms with van der Waals surface area (Å²) in [5, 5.41) is 4.13. The van der Waals surface area contributed by atoms with Crippen molar-refractivity contribution in [3.05, 3.63) is 41.6 Å². The van der Waals surface area contributed by atoms with E-state index in [1.165, 1.54) is 5.56 Å². The molecule has 16 heavy (non-hydrogen) atoms. The summed E-state index contributed by atoms with van der Waals surface area (Å²) in [5.41, 5.74) is 3.78. The predicted octanol–water partition coefficient (Wildman–Crippen LogP) is 2.60. The number of hydrogen-bond acceptors (Lipinski definition) is 2. The summed E-state index contributed by atoms with van der Waals surface area (Å²) < 4.78 is 1.74. The zero-order chi connectivity index (χ0) is 11.7. The maximum Gasteiger partial charge on any atom is 0.163 e. The van der Waals surface area contributed by atoms with Crippen LogP contribution in [0.3, 0.4) is 0 Å². The van der Waals surface area contributed by atoms with Gasteiger partial charge in [0.25, 0.3) is 0 Å². The van der Waals surface area contributed by atoms with Crippen LogP contribution in [0.5, 0.6) is 0 Å². The Morgan fingerprint density at radius 2 is 1.88 bits per heavy atom. The zero-order valence-corrected chi connectivity index (χ0v) is 9.69. The molecule has 2 rings (SSSR count). The molecule has 0 aliphatic rings. The Morgan fingerprint density at radius 3 is 2.44 bits per heavy atom. The van der Waals surface area contributed by atoms with E-state index in [-0.39, 0.29) is 5.78 Å². The normalized spacial score (nSPS) is 10.4. The molecule has 0 saturated heterocycles. The van der Waals surface area contributed by atoms with Crippen LogP contribution in [0.2, 0.25) is 0 Å². The lowest BCUT2D eigenvalue weighted by molar-refractivity contribution is 0.101. The molecule has 0 bridgehead atoms. The summed E-state index contributed by atoms with van der Waals surface area (Å²) in [4.78, 5) is 11.5. The number of benzene rings is 1. The van der Waals surface area contributed by atoms with Gasteiger partial charge in [0.15, 0.2) is 5.78 Å². The second-order valence-electron chi connectivity index (χ2n) is 3.95. The second-order valence-corrected chi connectivity index (χ2v) is 3.95. The fourth-order valence-corrected chi connectivity index (χ4v) is 1.75. The molecule has 0 aliphatic carbocycles. The van der Waals surface area contributed by atoms with E-state index in [1.807, 2.05) is 38.2 Å². The Hall–Kier alpha value is -1.90. The number of aromatic nitrogens is 2. The fourth-order valence-electron chi connectivity index (χ4n) is 1.75. The molecule has 3 heteroatoms. The minimum Gasteiger partial charge on any atom is -0.294 e. The number of carbonyl (C=O) groups is 1. The molecule has 1 heterocycles. The van der Waals surface area contributed by atoms with Crippen LogP contribution in [-0.2, 0) is 7.05 Å². The van der Waals surface area contributed by atoms with Crippen molar-refractivity contribution in [1.29, 1.82) is 0 Å². The van der Waals surface area contributed by atoms with Gasteiger partial charge in [0, 0.05) is 12.6 Å². The van der Waals surface area contributed by atoms with Crippen molar-refractivity contribution in [2.75, 3.05) is 0 Å². The number of hydrogen-bond donors (Lipinski definition) is 0. The Labute approximate surface area is 94.7 Å². The zero-order valence-electron chi connectivity index (χ0n) is 9.69. The van der Waals surface area contributed by atoms with Gasteiger partial charge in [-0.25, -0.2) is 0 Å². The predicted molar refractivity (Wildman–Crippen MR) is 63.4 cm³/mol. The highest BCUT2D eigenvalue weighted by atomic mass is 16.1. The fraction of sp³-hybridized carbons (Fsp3) is 0.231. The molecule has 2 aromatic rings. The van der Waals surface area contributed by atoms with E-state index < -0.39 is 0 Å². The van der Waals surface area contributed by atoms with Crippen LogP contribution in [0, 0.1) is 6.92 Å². The maximum absolute atomic E-state index is 11.5. The Kier molecular flexibility index (Phi) is 2.60. The van der Waals surface area contributed by atoms with Gasteiger partial charge in [0.05, 0.1) is 17.5 Å². The van der Waals surface area contributed by atoms with Crippen molar-refractivity contribution in [3.8, 4) is 11.3 Å². The lowest BCUT2D eigenvalue weighted by Crippen LogP contribution is -1.98. The van der Waals surface area contributed by atoms with Crippen LogP contribution in [0.25, 0.3) is 11.3 Å². The highest BCUT2D eigenvalue weighted by molar-refractivity contribution is 5.99. The Bertz CT molecular complexity index is 523. The Balaban J connectivity index is 2.58. The molecule has 82 valence electrons. The van der Waals surface area contributed by atoms with Gasteiger partial charge >= 0.3 is 0 Å². The van der Waals surface area contributed by atoms with Crippen molar-refractivity contribution in [3.63, 3.8) is 0 Å². The first-order valence-corrected chi connectivity index (χ1v) is 5.19. The van der Waals surface area contributed by atoms with Gasteiger partial charge < -0.3 is 0 Å². The largest absolute Gasteiger partial charge is 0.294 e. The molecule has 0 fully saturated rings. The highest BCUT2D eigenvalue weighted by Crippen LogP contribution is 2.23. The summed E-state index contributed by atoms with van der Waals surface area (Å²) in [5.74, 6) is 0.0451. The van der Waals surface area contributed by atoms with Crippen molar-refractivity contribution in [2.24, 2.45) is 7.05 Å². The van der Waals surface area contributed by atoms with Crippen LogP contribution in [0.1, 0.15) is 22.8 Å². The molecule has 0 saturated carbocycles. The minimum atomic E-state index is 0.0451.